The fourth-order valence-electron chi connectivity index (χ4n) is 11.6. The van der Waals surface area contributed by atoms with Gasteiger partial charge < -0.3 is 28.6 Å². The van der Waals surface area contributed by atoms with Gasteiger partial charge in [-0.15, -0.1) is 0 Å². The number of rotatable bonds is 10. The van der Waals surface area contributed by atoms with Gasteiger partial charge in [-0.3, -0.25) is 0 Å². The molecule has 52 heavy (non-hydrogen) atoms. The summed E-state index contributed by atoms with van der Waals surface area (Å²) in [4.78, 5) is 26.2. The Kier molecular flexibility index (Phi) is 9.68. The van der Waals surface area contributed by atoms with E-state index in [2.05, 4.69) is 20.8 Å². The van der Waals surface area contributed by atoms with E-state index < -0.39 is 59.0 Å². The Labute approximate surface area is 306 Å². The van der Waals surface area contributed by atoms with E-state index in [1.165, 1.54) is 0 Å². The first-order valence-electron chi connectivity index (χ1n) is 20.1. The average molecular weight is 744 g/mol. The van der Waals surface area contributed by atoms with Crippen LogP contribution in [-0.2, 0) is 43.2 Å². The lowest BCUT2D eigenvalue weighted by molar-refractivity contribution is -0.585. The van der Waals surface area contributed by atoms with E-state index in [-0.39, 0.29) is 35.8 Å². The Morgan fingerprint density at radius 1 is 0.712 bits per heavy atom. The molecule has 8 heterocycles. The Morgan fingerprint density at radius 2 is 1.33 bits per heavy atom. The molecule has 0 N–H and O–H groups in total. The Hall–Kier alpha value is -1.03. The third kappa shape index (κ3) is 6.01. The van der Waals surface area contributed by atoms with E-state index in [0.717, 1.165) is 64.2 Å². The summed E-state index contributed by atoms with van der Waals surface area (Å²) in [6.07, 6.45) is 3.83. The zero-order valence-corrected chi connectivity index (χ0v) is 32.1. The standard InChI is InChI=1S/C39H60F3NO9/c1-23-12-14-29-25(3)36(6,48-33-37(29)27(23)16-19-35(5,47-33)50-51-37)44-21-11-9-8-10-20-43(7)22-26-30-15-13-24(2)28-17-18-34(4)46-32(38(28,30)52-49-34)45-31(26)39(40,41)42/h23-25,27-30,32-33H,8-22H2,1-7H3/t23-,24-,25-,27+,28+,29+,30+,32-,33+,34-,35+,36+,37-,38-/m1/s1. The molecule has 2 aliphatic carbocycles. The number of allylic oxidation sites excluding steroid dienone is 1. The molecule has 13 heteroatoms. The predicted octanol–water partition coefficient (Wildman–Crippen LogP) is 8.16. The predicted molar refractivity (Wildman–Crippen MR) is 180 cm³/mol. The molecule has 0 aromatic rings. The molecular weight excluding hydrogens is 683 g/mol. The molecule has 4 bridgehead atoms. The highest BCUT2D eigenvalue weighted by molar-refractivity contribution is 5.29. The van der Waals surface area contributed by atoms with Crippen LogP contribution in [0.5, 0.6) is 0 Å². The van der Waals surface area contributed by atoms with Gasteiger partial charge in [-0.25, -0.2) is 19.6 Å². The second-order valence-corrected chi connectivity index (χ2v) is 18.2. The summed E-state index contributed by atoms with van der Waals surface area (Å²) in [5, 5.41) is 0. The lowest BCUT2D eigenvalue weighted by Gasteiger charge is -2.62. The molecule has 0 aromatic carbocycles. The zero-order chi connectivity index (χ0) is 36.9. The number of unbranched alkanes of at least 4 members (excludes halogenated alkanes) is 3. The molecule has 2 spiro atoms. The fourth-order valence-corrected chi connectivity index (χ4v) is 11.6. The van der Waals surface area contributed by atoms with Crippen molar-refractivity contribution in [2.24, 2.45) is 41.4 Å². The lowest BCUT2D eigenvalue weighted by atomic mass is 9.57. The topological polar surface area (TPSA) is 86.3 Å². The van der Waals surface area contributed by atoms with E-state index in [9.17, 15) is 13.2 Å². The number of fused-ring (bicyclic) bond motifs is 4. The van der Waals surface area contributed by atoms with Crippen LogP contribution in [-0.4, -0.2) is 79.0 Å². The largest absolute Gasteiger partial charge is 0.456 e. The summed E-state index contributed by atoms with van der Waals surface area (Å²) in [5.41, 5.74) is -1.46. The quantitative estimate of drug-likeness (QED) is 0.162. The van der Waals surface area contributed by atoms with E-state index in [4.69, 9.17) is 43.2 Å². The van der Waals surface area contributed by atoms with Crippen LogP contribution in [0.25, 0.3) is 0 Å². The summed E-state index contributed by atoms with van der Waals surface area (Å²) in [6.45, 7) is 13.7. The van der Waals surface area contributed by atoms with Gasteiger partial charge in [0.05, 0.1) is 6.61 Å². The molecule has 8 aliphatic heterocycles. The number of nitrogens with zero attached hydrogens (tertiary/aromatic N) is 1. The second-order valence-electron chi connectivity index (χ2n) is 18.2. The normalized spacial score (nSPS) is 49.6. The molecule has 2 saturated carbocycles. The van der Waals surface area contributed by atoms with Crippen LogP contribution in [0, 0.1) is 41.4 Å². The Bertz CT molecular complexity index is 1380. The average Bonchev–Trinajstić information content (AvgIpc) is 3.45. The third-order valence-corrected chi connectivity index (χ3v) is 14.7. The molecule has 9 fully saturated rings. The number of hydrogen-bond donors (Lipinski definition) is 0. The molecule has 14 atom stereocenters. The second kappa shape index (κ2) is 13.3. The molecule has 10 rings (SSSR count). The highest BCUT2D eigenvalue weighted by atomic mass is 19.4. The van der Waals surface area contributed by atoms with Crippen LogP contribution in [0.15, 0.2) is 11.3 Å². The van der Waals surface area contributed by atoms with Gasteiger partial charge in [-0.05, 0) is 109 Å². The highest BCUT2D eigenvalue weighted by Crippen LogP contribution is 2.63. The van der Waals surface area contributed by atoms with Gasteiger partial charge in [0.15, 0.2) is 23.3 Å². The maximum absolute atomic E-state index is 14.6. The van der Waals surface area contributed by atoms with Crippen molar-refractivity contribution < 1.29 is 56.4 Å². The van der Waals surface area contributed by atoms with Crippen molar-refractivity contribution in [1.29, 1.82) is 0 Å². The molecule has 0 amide bonds. The van der Waals surface area contributed by atoms with Crippen molar-refractivity contribution in [2.45, 2.75) is 166 Å². The first-order chi connectivity index (χ1) is 24.5. The minimum atomic E-state index is -4.64. The molecule has 7 saturated heterocycles. The Morgan fingerprint density at radius 3 is 2.02 bits per heavy atom. The molecule has 0 radical (unpaired) electrons. The van der Waals surface area contributed by atoms with Gasteiger partial charge in [-0.2, -0.15) is 13.2 Å². The zero-order valence-electron chi connectivity index (χ0n) is 32.1. The molecule has 10 aliphatic rings. The summed E-state index contributed by atoms with van der Waals surface area (Å²) in [6, 6.07) is 0. The fraction of sp³-hybridized carbons (Fsp3) is 0.949. The van der Waals surface area contributed by atoms with Crippen molar-refractivity contribution >= 4 is 0 Å². The lowest BCUT2D eigenvalue weighted by Crippen LogP contribution is -2.72. The van der Waals surface area contributed by atoms with E-state index in [1.807, 2.05) is 25.8 Å². The van der Waals surface area contributed by atoms with Crippen LogP contribution in [0.4, 0.5) is 13.2 Å². The number of ether oxygens (including phenoxy) is 5. The molecule has 0 aromatic heterocycles. The van der Waals surface area contributed by atoms with Crippen molar-refractivity contribution in [1.82, 2.24) is 4.90 Å². The SMILES string of the molecule is C[C@@H]1CC[C@H]2[C@@H](C)[C@@](C)(OCCCCCCN(C)CC3=C(C(F)(F)F)O[C@@H]4O[C@@]5(C)CC[C@H]6[C@H](C)CC[C@@H]3[C@@]46OO5)O[C@@H]3O[C@]4(C)CC[C@@H]1[C@]32OO4. The number of alkyl halides is 3. The summed E-state index contributed by atoms with van der Waals surface area (Å²) in [7, 11) is 1.89. The van der Waals surface area contributed by atoms with Gasteiger partial charge in [0.2, 0.25) is 23.6 Å². The van der Waals surface area contributed by atoms with Gasteiger partial charge in [0.1, 0.15) is 0 Å². The Balaban J connectivity index is 0.857. The summed E-state index contributed by atoms with van der Waals surface area (Å²) in [5.74, 6) is -2.88. The van der Waals surface area contributed by atoms with Gasteiger partial charge in [0.25, 0.3) is 0 Å². The number of likely N-dealkylation sites (N-methyl/N-ethyl adjacent to an activating group) is 1. The van der Waals surface area contributed by atoms with E-state index in [1.54, 1.807) is 6.92 Å². The molecular formula is C39H60F3NO9. The van der Waals surface area contributed by atoms with Gasteiger partial charge >= 0.3 is 6.18 Å². The van der Waals surface area contributed by atoms with Crippen LogP contribution >= 0.6 is 0 Å². The number of halogens is 3. The molecule has 10 nitrogen and oxygen atoms in total. The summed E-state index contributed by atoms with van der Waals surface area (Å²) < 4.78 is 75.6. The van der Waals surface area contributed by atoms with Crippen molar-refractivity contribution in [3.05, 3.63) is 11.3 Å². The first kappa shape index (κ1) is 37.9. The monoisotopic (exact) mass is 743 g/mol. The molecule has 0 unspecified atom stereocenters. The maximum atomic E-state index is 14.6. The maximum Gasteiger partial charge on any atom is 0.449 e. The van der Waals surface area contributed by atoms with Crippen LogP contribution in [0.1, 0.15) is 119 Å². The van der Waals surface area contributed by atoms with Gasteiger partial charge in [0, 0.05) is 43.1 Å². The van der Waals surface area contributed by atoms with Crippen molar-refractivity contribution in [3.63, 3.8) is 0 Å². The van der Waals surface area contributed by atoms with Crippen LogP contribution in [0.3, 0.4) is 0 Å². The third-order valence-electron chi connectivity index (χ3n) is 14.7. The van der Waals surface area contributed by atoms with Crippen molar-refractivity contribution in [3.8, 4) is 0 Å². The van der Waals surface area contributed by atoms with Crippen LogP contribution < -0.4 is 0 Å². The van der Waals surface area contributed by atoms with Crippen LogP contribution in [0.2, 0.25) is 0 Å². The molecule has 296 valence electrons. The van der Waals surface area contributed by atoms with Gasteiger partial charge in [-0.1, -0.05) is 33.6 Å². The smallest absolute Gasteiger partial charge is 0.449 e. The van der Waals surface area contributed by atoms with E-state index >= 15 is 0 Å². The van der Waals surface area contributed by atoms with Crippen molar-refractivity contribution in [2.75, 3.05) is 26.7 Å². The van der Waals surface area contributed by atoms with E-state index in [0.29, 0.717) is 37.8 Å². The first-order valence-corrected chi connectivity index (χ1v) is 20.1. The summed E-state index contributed by atoms with van der Waals surface area (Å²) >= 11 is 0. The minimum absolute atomic E-state index is 0.0213. The number of hydrogen-bond acceptors (Lipinski definition) is 10. The highest BCUT2D eigenvalue weighted by Gasteiger charge is 2.72. The minimum Gasteiger partial charge on any atom is -0.456 e.